The quantitative estimate of drug-likeness (QED) is 0.192. The molecule has 0 amide bonds. The predicted molar refractivity (Wildman–Crippen MR) is 95.3 cm³/mol. The Kier molecular flexibility index (Phi) is 10.9. The van der Waals surface area contributed by atoms with Crippen molar-refractivity contribution >= 4 is 17.9 Å². The molecule has 2 N–H and O–H groups in total. The lowest BCUT2D eigenvalue weighted by Crippen LogP contribution is -2.53. The molecule has 0 saturated carbocycles. The van der Waals surface area contributed by atoms with Crippen LogP contribution in [0.5, 0.6) is 0 Å². The van der Waals surface area contributed by atoms with Crippen molar-refractivity contribution in [3.05, 3.63) is 36.5 Å². The zero-order chi connectivity index (χ0) is 21.9. The van der Waals surface area contributed by atoms with Crippen LogP contribution in [0.3, 0.4) is 0 Å². The molecule has 28 heavy (non-hydrogen) atoms. The third-order valence-electron chi connectivity index (χ3n) is 2.77. The van der Waals surface area contributed by atoms with E-state index in [-0.39, 0.29) is 43.1 Å². The topological polar surface area (TPSA) is 138 Å². The number of ether oxygens (including phenoxy) is 5. The smallest absolute Gasteiger partial charge is 0.421 e. The SMILES string of the molecule is C=C(C)C(=O)OC(OCCOCCO)C(O)(OC(=O)C(=C)C)OC(=O)C(=C)C. The Morgan fingerprint density at radius 3 is 1.71 bits per heavy atom. The van der Waals surface area contributed by atoms with Crippen LogP contribution in [0.4, 0.5) is 0 Å². The number of aliphatic hydroxyl groups is 2. The van der Waals surface area contributed by atoms with E-state index in [1.807, 2.05) is 0 Å². The number of hydrogen-bond acceptors (Lipinski definition) is 10. The molecule has 0 aliphatic heterocycles. The van der Waals surface area contributed by atoms with Gasteiger partial charge in [0.05, 0.1) is 26.4 Å². The molecule has 0 fully saturated rings. The van der Waals surface area contributed by atoms with Crippen molar-refractivity contribution in [1.82, 2.24) is 0 Å². The van der Waals surface area contributed by atoms with Gasteiger partial charge in [-0.25, -0.2) is 14.4 Å². The molecule has 0 rings (SSSR count). The largest absolute Gasteiger partial charge is 0.440 e. The minimum absolute atomic E-state index is 0.0130. The Hall–Kier alpha value is -2.53. The molecule has 0 radical (unpaired) electrons. The molecular formula is C18H26O10. The van der Waals surface area contributed by atoms with Crippen molar-refractivity contribution in [2.45, 2.75) is 33.0 Å². The monoisotopic (exact) mass is 402 g/mol. The van der Waals surface area contributed by atoms with Gasteiger partial charge in [-0.05, 0) is 20.8 Å². The Morgan fingerprint density at radius 1 is 0.857 bits per heavy atom. The summed E-state index contributed by atoms with van der Waals surface area (Å²) in [4.78, 5) is 35.7. The van der Waals surface area contributed by atoms with Crippen LogP contribution in [0.2, 0.25) is 0 Å². The van der Waals surface area contributed by atoms with Gasteiger partial charge >= 0.3 is 30.2 Å². The molecule has 0 aliphatic rings. The van der Waals surface area contributed by atoms with Crippen LogP contribution >= 0.6 is 0 Å². The highest BCUT2D eigenvalue weighted by Crippen LogP contribution is 2.23. The van der Waals surface area contributed by atoms with Crippen molar-refractivity contribution < 1.29 is 48.3 Å². The van der Waals surface area contributed by atoms with Crippen LogP contribution in [0.15, 0.2) is 36.5 Å². The minimum Gasteiger partial charge on any atom is -0.421 e. The summed E-state index contributed by atoms with van der Waals surface area (Å²) in [5.41, 5.74) is -0.341. The van der Waals surface area contributed by atoms with Gasteiger partial charge in [-0.2, -0.15) is 0 Å². The number of carbonyl (C=O) groups excluding carboxylic acids is 3. The fraction of sp³-hybridized carbons (Fsp3) is 0.500. The van der Waals surface area contributed by atoms with Gasteiger partial charge in [0.15, 0.2) is 0 Å². The molecule has 0 aliphatic carbocycles. The lowest BCUT2D eigenvalue weighted by Gasteiger charge is -2.32. The molecule has 0 bridgehead atoms. The maximum absolute atomic E-state index is 11.9. The Morgan fingerprint density at radius 2 is 1.32 bits per heavy atom. The van der Waals surface area contributed by atoms with Gasteiger partial charge in [-0.15, -0.1) is 0 Å². The van der Waals surface area contributed by atoms with E-state index in [2.05, 4.69) is 19.7 Å². The molecule has 1 atom stereocenters. The Balaban J connectivity index is 5.66. The average Bonchev–Trinajstić information content (AvgIpc) is 2.59. The highest BCUT2D eigenvalue weighted by atomic mass is 16.9. The minimum atomic E-state index is -3.14. The maximum atomic E-state index is 11.9. The third kappa shape index (κ3) is 8.91. The molecular weight excluding hydrogens is 376 g/mol. The Bertz CT molecular complexity index is 594. The van der Waals surface area contributed by atoms with Crippen LogP contribution in [-0.4, -0.2) is 66.8 Å². The summed E-state index contributed by atoms with van der Waals surface area (Å²) < 4.78 is 24.6. The van der Waals surface area contributed by atoms with E-state index in [9.17, 15) is 19.5 Å². The molecule has 1 unspecified atom stereocenters. The first-order valence-electron chi connectivity index (χ1n) is 8.11. The average molecular weight is 402 g/mol. The second kappa shape index (κ2) is 12.0. The predicted octanol–water partition coefficient (Wildman–Crippen LogP) is 0.342. The van der Waals surface area contributed by atoms with Crippen LogP contribution in [0.25, 0.3) is 0 Å². The fourth-order valence-corrected chi connectivity index (χ4v) is 1.35. The van der Waals surface area contributed by atoms with E-state index in [1.165, 1.54) is 20.8 Å². The molecule has 158 valence electrons. The van der Waals surface area contributed by atoms with Crippen LogP contribution in [0, 0.1) is 0 Å². The first kappa shape index (κ1) is 25.5. The van der Waals surface area contributed by atoms with Crippen molar-refractivity contribution in [2.24, 2.45) is 0 Å². The van der Waals surface area contributed by atoms with E-state index in [1.54, 1.807) is 0 Å². The van der Waals surface area contributed by atoms with E-state index in [0.717, 1.165) is 0 Å². The summed E-state index contributed by atoms with van der Waals surface area (Å²) in [7, 11) is 0. The second-order valence-electron chi connectivity index (χ2n) is 5.69. The van der Waals surface area contributed by atoms with Gasteiger partial charge in [-0.1, -0.05) is 19.7 Å². The van der Waals surface area contributed by atoms with Crippen LogP contribution < -0.4 is 0 Å². The van der Waals surface area contributed by atoms with Gasteiger partial charge in [-0.3, -0.25) is 0 Å². The van der Waals surface area contributed by atoms with E-state index in [4.69, 9.17) is 28.8 Å². The van der Waals surface area contributed by atoms with Crippen molar-refractivity contribution in [2.75, 3.05) is 26.4 Å². The zero-order valence-electron chi connectivity index (χ0n) is 16.2. The number of rotatable bonds is 13. The molecule has 0 heterocycles. The first-order valence-corrected chi connectivity index (χ1v) is 8.11. The van der Waals surface area contributed by atoms with Crippen molar-refractivity contribution in [1.29, 1.82) is 0 Å². The van der Waals surface area contributed by atoms with Gasteiger partial charge in [0, 0.05) is 16.7 Å². The van der Waals surface area contributed by atoms with Crippen molar-refractivity contribution in [3.63, 3.8) is 0 Å². The summed E-state index contributed by atoms with van der Waals surface area (Å²) in [6.07, 6.45) is -2.08. The summed E-state index contributed by atoms with van der Waals surface area (Å²) in [5.74, 6) is -6.45. The first-order chi connectivity index (χ1) is 12.9. The lowest BCUT2D eigenvalue weighted by atomic mass is 10.3. The second-order valence-corrected chi connectivity index (χ2v) is 5.69. The summed E-state index contributed by atoms with van der Waals surface area (Å²) >= 11 is 0. The molecule has 0 saturated heterocycles. The molecule has 0 spiro atoms. The molecule has 10 nitrogen and oxygen atoms in total. The molecule has 0 aromatic heterocycles. The van der Waals surface area contributed by atoms with Gasteiger partial charge in [0.25, 0.3) is 0 Å². The van der Waals surface area contributed by atoms with Crippen LogP contribution in [0.1, 0.15) is 20.8 Å². The summed E-state index contributed by atoms with van der Waals surface area (Å²) in [6.45, 7) is 13.4. The Labute approximate surface area is 163 Å². The number of aliphatic hydroxyl groups excluding tert-OH is 1. The fourth-order valence-electron chi connectivity index (χ4n) is 1.35. The van der Waals surface area contributed by atoms with Gasteiger partial charge in [0.2, 0.25) is 0 Å². The lowest BCUT2D eigenvalue weighted by molar-refractivity contribution is -0.403. The third-order valence-corrected chi connectivity index (χ3v) is 2.77. The van der Waals surface area contributed by atoms with E-state index < -0.39 is 30.2 Å². The van der Waals surface area contributed by atoms with Crippen molar-refractivity contribution in [3.8, 4) is 0 Å². The van der Waals surface area contributed by atoms with E-state index >= 15 is 0 Å². The summed E-state index contributed by atoms with van der Waals surface area (Å²) in [6, 6.07) is 0. The summed E-state index contributed by atoms with van der Waals surface area (Å²) in [5, 5.41) is 19.3. The molecule has 0 aromatic carbocycles. The number of esters is 3. The number of carbonyl (C=O) groups is 3. The highest BCUT2D eigenvalue weighted by Gasteiger charge is 2.50. The van der Waals surface area contributed by atoms with Gasteiger partial charge < -0.3 is 33.9 Å². The zero-order valence-corrected chi connectivity index (χ0v) is 16.2. The van der Waals surface area contributed by atoms with Gasteiger partial charge in [0.1, 0.15) is 0 Å². The number of hydrogen-bond donors (Lipinski definition) is 2. The van der Waals surface area contributed by atoms with E-state index in [0.29, 0.717) is 0 Å². The normalized spacial score (nSPS) is 11.9. The highest BCUT2D eigenvalue weighted by molar-refractivity contribution is 5.89. The molecule has 0 aromatic rings. The standard InChI is InChI=1S/C18H26O10/c1-11(2)14(20)26-17(25-10-9-24-8-7-19)18(23,27-15(21)12(3)4)28-16(22)13(5)6/h17,19,23H,1,3,5,7-10H2,2,4,6H3. The molecule has 10 heteroatoms. The van der Waals surface area contributed by atoms with Crippen LogP contribution in [-0.2, 0) is 38.1 Å². The maximum Gasteiger partial charge on any atom is 0.440 e.